The summed E-state index contributed by atoms with van der Waals surface area (Å²) in [5, 5.41) is 0. The minimum atomic E-state index is 0.769. The van der Waals surface area contributed by atoms with Crippen molar-refractivity contribution in [1.82, 2.24) is 14.5 Å². The lowest BCUT2D eigenvalue weighted by Gasteiger charge is -2.35. The Morgan fingerprint density at radius 1 is 1.23 bits per heavy atom. The normalized spacial score (nSPS) is 22.9. The maximum Gasteiger partial charge on any atom is 0.0995 e. The van der Waals surface area contributed by atoms with Gasteiger partial charge in [0.2, 0.25) is 0 Å². The number of aryl methyl sites for hydroxylation is 1. The summed E-state index contributed by atoms with van der Waals surface area (Å²) in [4.78, 5) is 6.84. The number of likely N-dealkylation sites (tertiary alicyclic amines) is 1. The highest BCUT2D eigenvalue weighted by molar-refractivity contribution is 5.51. The lowest BCUT2D eigenvalue weighted by Crippen LogP contribution is -2.37. The van der Waals surface area contributed by atoms with Crippen LogP contribution in [0.15, 0.2) is 30.7 Å². The summed E-state index contributed by atoms with van der Waals surface area (Å²) in [7, 11) is 0. The van der Waals surface area contributed by atoms with Crippen LogP contribution in [0.25, 0.3) is 5.69 Å². The van der Waals surface area contributed by atoms with Gasteiger partial charge in [-0.2, -0.15) is 0 Å². The molecule has 0 amide bonds. The molecule has 0 radical (unpaired) electrons. The van der Waals surface area contributed by atoms with Crippen LogP contribution in [0.2, 0.25) is 0 Å². The summed E-state index contributed by atoms with van der Waals surface area (Å²) in [5.41, 5.74) is 10.3. The summed E-state index contributed by atoms with van der Waals surface area (Å²) < 4.78 is 2.04. The van der Waals surface area contributed by atoms with Gasteiger partial charge < -0.3 is 10.3 Å². The second-order valence-corrected chi connectivity index (χ2v) is 6.83. The fraction of sp³-hybridized carbons (Fsp3) is 0.500. The van der Waals surface area contributed by atoms with Crippen molar-refractivity contribution < 1.29 is 0 Å². The highest BCUT2D eigenvalue weighted by Crippen LogP contribution is 2.25. The lowest BCUT2D eigenvalue weighted by molar-refractivity contribution is 0.132. The second kappa shape index (κ2) is 6.13. The van der Waals surface area contributed by atoms with Crippen LogP contribution in [0, 0.1) is 18.8 Å². The van der Waals surface area contributed by atoms with Gasteiger partial charge in [0.25, 0.3) is 0 Å². The van der Waals surface area contributed by atoms with Gasteiger partial charge in [0, 0.05) is 30.7 Å². The molecule has 2 unspecified atom stereocenters. The van der Waals surface area contributed by atoms with Crippen molar-refractivity contribution >= 4 is 5.69 Å². The molecule has 1 aliphatic rings. The molecular formula is C18H26N4. The Kier molecular flexibility index (Phi) is 4.21. The standard InChI is InChI=1S/C18H26N4/c1-13-4-5-21(9-14(13)2)11-16-6-17(19)8-18(7-16)22-10-15(3)20-12-22/h6-8,10,12-14H,4-5,9,11,19H2,1-3H3. The van der Waals surface area contributed by atoms with Crippen LogP contribution in [0.3, 0.4) is 0 Å². The van der Waals surface area contributed by atoms with Crippen LogP contribution in [-0.2, 0) is 6.54 Å². The van der Waals surface area contributed by atoms with E-state index >= 15 is 0 Å². The zero-order valence-electron chi connectivity index (χ0n) is 13.8. The Morgan fingerprint density at radius 2 is 2.05 bits per heavy atom. The fourth-order valence-electron chi connectivity index (χ4n) is 3.25. The molecule has 0 saturated carbocycles. The van der Waals surface area contributed by atoms with Crippen molar-refractivity contribution in [3.05, 3.63) is 42.0 Å². The number of nitrogens with zero attached hydrogens (tertiary/aromatic N) is 3. The molecule has 4 nitrogen and oxygen atoms in total. The molecule has 2 atom stereocenters. The first-order valence-electron chi connectivity index (χ1n) is 8.14. The summed E-state index contributed by atoms with van der Waals surface area (Å²) in [6, 6.07) is 6.32. The number of imidazole rings is 1. The van der Waals surface area contributed by atoms with Crippen molar-refractivity contribution in [2.45, 2.75) is 33.7 Å². The van der Waals surface area contributed by atoms with E-state index in [1.165, 1.54) is 25.1 Å². The third kappa shape index (κ3) is 3.33. The molecule has 1 fully saturated rings. The van der Waals surface area contributed by atoms with Gasteiger partial charge in [-0.05, 0) is 55.5 Å². The van der Waals surface area contributed by atoms with Crippen molar-refractivity contribution in [1.29, 1.82) is 0 Å². The topological polar surface area (TPSA) is 47.1 Å². The van der Waals surface area contributed by atoms with Gasteiger partial charge in [0.1, 0.15) is 0 Å². The van der Waals surface area contributed by atoms with Gasteiger partial charge in [0.15, 0.2) is 0 Å². The second-order valence-electron chi connectivity index (χ2n) is 6.83. The molecule has 2 heterocycles. The van der Waals surface area contributed by atoms with E-state index in [1.807, 2.05) is 30.1 Å². The molecule has 1 aromatic heterocycles. The Bertz CT molecular complexity index is 646. The van der Waals surface area contributed by atoms with Crippen LogP contribution in [-0.4, -0.2) is 27.5 Å². The minimum absolute atomic E-state index is 0.769. The smallest absolute Gasteiger partial charge is 0.0995 e. The maximum atomic E-state index is 6.11. The van der Waals surface area contributed by atoms with Crippen LogP contribution in [0.5, 0.6) is 0 Å². The van der Waals surface area contributed by atoms with Gasteiger partial charge in [-0.3, -0.25) is 4.90 Å². The zero-order chi connectivity index (χ0) is 15.7. The van der Waals surface area contributed by atoms with Gasteiger partial charge in [0.05, 0.1) is 12.0 Å². The summed E-state index contributed by atoms with van der Waals surface area (Å²) in [5.74, 6) is 1.60. The number of rotatable bonds is 3. The molecule has 1 aliphatic heterocycles. The van der Waals surface area contributed by atoms with E-state index < -0.39 is 0 Å². The first-order chi connectivity index (χ1) is 10.5. The fourth-order valence-corrected chi connectivity index (χ4v) is 3.25. The molecular weight excluding hydrogens is 272 g/mol. The van der Waals surface area contributed by atoms with Gasteiger partial charge >= 0.3 is 0 Å². The van der Waals surface area contributed by atoms with E-state index in [2.05, 4.69) is 35.9 Å². The maximum absolute atomic E-state index is 6.11. The van der Waals surface area contributed by atoms with Crippen molar-refractivity contribution in [2.24, 2.45) is 11.8 Å². The highest BCUT2D eigenvalue weighted by Gasteiger charge is 2.22. The molecule has 1 saturated heterocycles. The first-order valence-corrected chi connectivity index (χ1v) is 8.14. The summed E-state index contributed by atoms with van der Waals surface area (Å²) >= 11 is 0. The lowest BCUT2D eigenvalue weighted by atomic mass is 9.88. The number of piperidine rings is 1. The van der Waals surface area contributed by atoms with Crippen LogP contribution in [0.4, 0.5) is 5.69 Å². The number of nitrogen functional groups attached to an aromatic ring is 1. The van der Waals surface area contributed by atoms with Crippen molar-refractivity contribution in [2.75, 3.05) is 18.8 Å². The number of benzene rings is 1. The number of nitrogens with two attached hydrogens (primary N) is 1. The number of hydrogen-bond donors (Lipinski definition) is 1. The van der Waals surface area contributed by atoms with E-state index in [1.54, 1.807) is 0 Å². The third-order valence-corrected chi connectivity index (χ3v) is 4.83. The largest absolute Gasteiger partial charge is 0.399 e. The highest BCUT2D eigenvalue weighted by atomic mass is 15.1. The Morgan fingerprint density at radius 3 is 2.73 bits per heavy atom. The predicted octanol–water partition coefficient (Wildman–Crippen LogP) is 3.24. The zero-order valence-corrected chi connectivity index (χ0v) is 13.8. The van der Waals surface area contributed by atoms with Crippen molar-refractivity contribution in [3.8, 4) is 5.69 Å². The van der Waals surface area contributed by atoms with E-state index in [0.29, 0.717) is 0 Å². The monoisotopic (exact) mass is 298 g/mol. The van der Waals surface area contributed by atoms with E-state index in [4.69, 9.17) is 5.73 Å². The molecule has 0 aliphatic carbocycles. The predicted molar refractivity (Wildman–Crippen MR) is 90.9 cm³/mol. The number of anilines is 1. The van der Waals surface area contributed by atoms with E-state index in [9.17, 15) is 0 Å². The Labute approximate surface area is 133 Å². The Balaban J connectivity index is 1.78. The number of aromatic nitrogens is 2. The minimum Gasteiger partial charge on any atom is -0.399 e. The molecule has 1 aromatic carbocycles. The molecule has 2 aromatic rings. The van der Waals surface area contributed by atoms with E-state index in [0.717, 1.165) is 35.4 Å². The van der Waals surface area contributed by atoms with Crippen molar-refractivity contribution in [3.63, 3.8) is 0 Å². The molecule has 4 heteroatoms. The molecule has 22 heavy (non-hydrogen) atoms. The summed E-state index contributed by atoms with van der Waals surface area (Å²) in [6.45, 7) is 10.1. The average molecular weight is 298 g/mol. The molecule has 0 spiro atoms. The van der Waals surface area contributed by atoms with Crippen LogP contribution in [0.1, 0.15) is 31.5 Å². The first kappa shape index (κ1) is 15.1. The van der Waals surface area contributed by atoms with Gasteiger partial charge in [-0.1, -0.05) is 13.8 Å². The number of hydrogen-bond acceptors (Lipinski definition) is 3. The SMILES string of the molecule is Cc1cn(-c2cc(N)cc(CN3CCC(C)C(C)C3)c2)cn1. The molecule has 118 valence electrons. The van der Waals surface area contributed by atoms with Gasteiger partial charge in [-0.15, -0.1) is 0 Å². The summed E-state index contributed by atoms with van der Waals surface area (Å²) in [6.07, 6.45) is 5.17. The van der Waals surface area contributed by atoms with Crippen LogP contribution < -0.4 is 5.73 Å². The average Bonchev–Trinajstić information content (AvgIpc) is 2.89. The van der Waals surface area contributed by atoms with Crippen LogP contribution >= 0.6 is 0 Å². The molecule has 0 bridgehead atoms. The quantitative estimate of drug-likeness (QED) is 0.885. The van der Waals surface area contributed by atoms with Gasteiger partial charge in [-0.25, -0.2) is 4.98 Å². The Hall–Kier alpha value is -1.81. The third-order valence-electron chi connectivity index (χ3n) is 4.83. The molecule has 2 N–H and O–H groups in total. The molecule has 3 rings (SSSR count). The van der Waals surface area contributed by atoms with E-state index in [-0.39, 0.29) is 0 Å².